The number of carbonyl (C=O) groups excluding carboxylic acids is 1. The van der Waals surface area contributed by atoms with Gasteiger partial charge in [-0.25, -0.2) is 4.39 Å². The summed E-state index contributed by atoms with van der Waals surface area (Å²) in [5.41, 5.74) is -0.103. The predicted octanol–water partition coefficient (Wildman–Crippen LogP) is 2.13. The average Bonchev–Trinajstić information content (AvgIpc) is 2.31. The third-order valence-corrected chi connectivity index (χ3v) is 2.75. The topological polar surface area (TPSA) is 44.1 Å². The number of nitriles is 1. The first-order valence-electron chi connectivity index (χ1n) is 5.29. The van der Waals surface area contributed by atoms with Gasteiger partial charge in [0.05, 0.1) is 12.5 Å². The lowest BCUT2D eigenvalue weighted by Crippen LogP contribution is -2.44. The maximum absolute atomic E-state index is 12.7. The smallest absolute Gasteiger partial charge is 0.227 e. The normalized spacial score (nSPS) is 10.8. The Morgan fingerprint density at radius 2 is 1.94 bits per heavy atom. The molecule has 1 rings (SSSR count). The van der Waals surface area contributed by atoms with Gasteiger partial charge >= 0.3 is 0 Å². The highest BCUT2D eigenvalue weighted by Gasteiger charge is 2.26. The van der Waals surface area contributed by atoms with Crippen molar-refractivity contribution in [3.63, 3.8) is 0 Å². The third-order valence-electron chi connectivity index (χ3n) is 2.75. The van der Waals surface area contributed by atoms with Gasteiger partial charge < -0.3 is 4.90 Å². The third kappa shape index (κ3) is 3.28. The highest BCUT2D eigenvalue weighted by molar-refractivity contribution is 5.79. The van der Waals surface area contributed by atoms with E-state index in [1.807, 2.05) is 0 Å². The Labute approximate surface area is 100 Å². The molecule has 0 atom stereocenters. The Hall–Kier alpha value is -1.89. The van der Waals surface area contributed by atoms with Crippen molar-refractivity contribution in [2.75, 3.05) is 7.05 Å². The van der Waals surface area contributed by atoms with Crippen LogP contribution in [0.2, 0.25) is 0 Å². The second kappa shape index (κ2) is 4.96. The summed E-state index contributed by atoms with van der Waals surface area (Å²) in [6, 6.07) is 7.84. The lowest BCUT2D eigenvalue weighted by Gasteiger charge is -2.29. The molecule has 90 valence electrons. The average molecular weight is 234 g/mol. The summed E-state index contributed by atoms with van der Waals surface area (Å²) in [7, 11) is 1.59. The van der Waals surface area contributed by atoms with E-state index in [2.05, 4.69) is 6.07 Å². The number of amides is 1. The largest absolute Gasteiger partial charge is 0.327 e. The first kappa shape index (κ1) is 13.2. The van der Waals surface area contributed by atoms with Crippen LogP contribution >= 0.6 is 0 Å². The number of hydrogen-bond donors (Lipinski definition) is 0. The van der Waals surface area contributed by atoms with Gasteiger partial charge in [-0.05, 0) is 31.5 Å². The number of rotatable bonds is 3. The number of carbonyl (C=O) groups is 1. The maximum atomic E-state index is 12.7. The molecule has 0 bridgehead atoms. The number of benzene rings is 1. The van der Waals surface area contributed by atoms with Crippen LogP contribution in [-0.2, 0) is 11.2 Å². The van der Waals surface area contributed by atoms with Gasteiger partial charge in [0.15, 0.2) is 0 Å². The SMILES string of the molecule is CN(C(=O)Cc1ccc(F)cc1)C(C)(C)C#N. The van der Waals surface area contributed by atoms with Crippen molar-refractivity contribution in [1.29, 1.82) is 5.26 Å². The standard InChI is InChI=1S/C13H15FN2O/c1-13(2,9-15)16(3)12(17)8-10-4-6-11(14)7-5-10/h4-7H,8H2,1-3H3. The van der Waals surface area contributed by atoms with Gasteiger partial charge in [-0.3, -0.25) is 4.79 Å². The fourth-order valence-corrected chi connectivity index (χ4v) is 1.28. The molecule has 1 amide bonds. The Morgan fingerprint density at radius 1 is 1.41 bits per heavy atom. The summed E-state index contributed by atoms with van der Waals surface area (Å²) in [4.78, 5) is 13.3. The van der Waals surface area contributed by atoms with E-state index < -0.39 is 5.54 Å². The number of hydrogen-bond acceptors (Lipinski definition) is 2. The molecule has 0 heterocycles. The summed E-state index contributed by atoms with van der Waals surface area (Å²) >= 11 is 0. The molecule has 0 saturated heterocycles. The minimum atomic E-state index is -0.836. The second-order valence-corrected chi connectivity index (χ2v) is 4.43. The van der Waals surface area contributed by atoms with E-state index in [1.165, 1.54) is 17.0 Å². The Morgan fingerprint density at radius 3 is 2.41 bits per heavy atom. The zero-order valence-corrected chi connectivity index (χ0v) is 10.2. The molecular weight excluding hydrogens is 219 g/mol. The molecule has 0 spiro atoms. The molecule has 0 aliphatic rings. The lowest BCUT2D eigenvalue weighted by atomic mass is 10.0. The molecule has 0 aliphatic carbocycles. The Balaban J connectivity index is 2.74. The zero-order valence-electron chi connectivity index (χ0n) is 10.2. The molecule has 0 aliphatic heterocycles. The van der Waals surface area contributed by atoms with Gasteiger partial charge in [0.1, 0.15) is 11.4 Å². The molecule has 0 saturated carbocycles. The molecule has 0 radical (unpaired) electrons. The van der Waals surface area contributed by atoms with Gasteiger partial charge in [-0.2, -0.15) is 5.26 Å². The number of nitrogens with zero attached hydrogens (tertiary/aromatic N) is 2. The molecular formula is C13H15FN2O. The van der Waals surface area contributed by atoms with Gasteiger partial charge in [0, 0.05) is 7.05 Å². The first-order chi connectivity index (χ1) is 7.86. The van der Waals surface area contributed by atoms with Crippen LogP contribution in [0.15, 0.2) is 24.3 Å². The van der Waals surface area contributed by atoms with Crippen LogP contribution in [0.4, 0.5) is 4.39 Å². The van der Waals surface area contributed by atoms with Crippen molar-refractivity contribution in [2.24, 2.45) is 0 Å². The molecule has 1 aromatic rings. The highest BCUT2D eigenvalue weighted by atomic mass is 19.1. The van der Waals surface area contributed by atoms with Crippen molar-refractivity contribution in [2.45, 2.75) is 25.8 Å². The summed E-state index contributed by atoms with van der Waals surface area (Å²) in [5, 5.41) is 8.92. The summed E-state index contributed by atoms with van der Waals surface area (Å²) in [6.07, 6.45) is 0.169. The maximum Gasteiger partial charge on any atom is 0.227 e. The van der Waals surface area contributed by atoms with Crippen LogP contribution in [0, 0.1) is 17.1 Å². The molecule has 17 heavy (non-hydrogen) atoms. The van der Waals surface area contributed by atoms with Crippen molar-refractivity contribution in [3.8, 4) is 6.07 Å². The first-order valence-corrected chi connectivity index (χ1v) is 5.29. The summed E-state index contributed by atoms with van der Waals surface area (Å²) in [6.45, 7) is 3.35. The van der Waals surface area contributed by atoms with Gasteiger partial charge in [-0.15, -0.1) is 0 Å². The van der Waals surface area contributed by atoms with E-state index in [0.29, 0.717) is 0 Å². The van der Waals surface area contributed by atoms with Crippen LogP contribution in [0.1, 0.15) is 19.4 Å². The molecule has 0 unspecified atom stereocenters. The minimum absolute atomic E-state index is 0.164. The van der Waals surface area contributed by atoms with Crippen LogP contribution in [0.25, 0.3) is 0 Å². The van der Waals surface area contributed by atoms with E-state index in [4.69, 9.17) is 5.26 Å². The van der Waals surface area contributed by atoms with E-state index in [1.54, 1.807) is 33.0 Å². The van der Waals surface area contributed by atoms with E-state index in [-0.39, 0.29) is 18.1 Å². The summed E-state index contributed by atoms with van der Waals surface area (Å²) in [5.74, 6) is -0.491. The fraction of sp³-hybridized carbons (Fsp3) is 0.385. The number of likely N-dealkylation sites (N-methyl/N-ethyl adjacent to an activating group) is 1. The van der Waals surface area contributed by atoms with Crippen LogP contribution in [-0.4, -0.2) is 23.4 Å². The number of halogens is 1. The monoisotopic (exact) mass is 234 g/mol. The van der Waals surface area contributed by atoms with Gasteiger partial charge in [-0.1, -0.05) is 12.1 Å². The summed E-state index contributed by atoms with van der Waals surface area (Å²) < 4.78 is 12.7. The van der Waals surface area contributed by atoms with Crippen LogP contribution in [0.5, 0.6) is 0 Å². The molecule has 0 N–H and O–H groups in total. The lowest BCUT2D eigenvalue weighted by molar-refractivity contribution is -0.132. The van der Waals surface area contributed by atoms with Crippen LogP contribution < -0.4 is 0 Å². The van der Waals surface area contributed by atoms with Crippen molar-refractivity contribution >= 4 is 5.91 Å². The quantitative estimate of drug-likeness (QED) is 0.804. The fourth-order valence-electron chi connectivity index (χ4n) is 1.28. The Kier molecular flexibility index (Phi) is 3.84. The van der Waals surface area contributed by atoms with Crippen molar-refractivity contribution < 1.29 is 9.18 Å². The van der Waals surface area contributed by atoms with E-state index in [0.717, 1.165) is 5.56 Å². The predicted molar refractivity (Wildman–Crippen MR) is 62.6 cm³/mol. The highest BCUT2D eigenvalue weighted by Crippen LogP contribution is 2.13. The molecule has 3 nitrogen and oxygen atoms in total. The van der Waals surface area contributed by atoms with Crippen molar-refractivity contribution in [1.82, 2.24) is 4.90 Å². The van der Waals surface area contributed by atoms with E-state index in [9.17, 15) is 9.18 Å². The molecule has 0 aromatic heterocycles. The van der Waals surface area contributed by atoms with Crippen molar-refractivity contribution in [3.05, 3.63) is 35.6 Å². The minimum Gasteiger partial charge on any atom is -0.327 e. The van der Waals surface area contributed by atoms with Gasteiger partial charge in [0.2, 0.25) is 5.91 Å². The Bertz CT molecular complexity index is 445. The second-order valence-electron chi connectivity index (χ2n) is 4.43. The molecule has 4 heteroatoms. The van der Waals surface area contributed by atoms with Gasteiger partial charge in [0.25, 0.3) is 0 Å². The van der Waals surface area contributed by atoms with E-state index >= 15 is 0 Å². The molecule has 0 fully saturated rings. The zero-order chi connectivity index (χ0) is 13.1. The molecule has 1 aromatic carbocycles. The van der Waals surface area contributed by atoms with Crippen LogP contribution in [0.3, 0.4) is 0 Å².